The lowest BCUT2D eigenvalue weighted by molar-refractivity contribution is 0.0890. The number of imide groups is 1. The molecule has 1 aliphatic rings. The van der Waals surface area contributed by atoms with Crippen LogP contribution in [0.1, 0.15) is 118 Å². The van der Waals surface area contributed by atoms with Crippen molar-refractivity contribution < 1.29 is 24.0 Å². The van der Waals surface area contributed by atoms with E-state index in [9.17, 15) is 24.0 Å². The van der Waals surface area contributed by atoms with Crippen LogP contribution in [0, 0.1) is 0 Å². The van der Waals surface area contributed by atoms with Gasteiger partial charge in [-0.1, -0.05) is 52.0 Å². The lowest BCUT2D eigenvalue weighted by Gasteiger charge is -2.27. The van der Waals surface area contributed by atoms with Crippen LogP contribution in [0.3, 0.4) is 0 Å². The first-order chi connectivity index (χ1) is 25.2. The highest BCUT2D eigenvalue weighted by atomic mass is 16.2. The molecular weight excluding hydrogens is 652 g/mol. The van der Waals surface area contributed by atoms with Gasteiger partial charge in [0.1, 0.15) is 0 Å². The van der Waals surface area contributed by atoms with Crippen LogP contribution in [0.2, 0.25) is 0 Å². The van der Waals surface area contributed by atoms with Crippen molar-refractivity contribution in [3.63, 3.8) is 0 Å². The van der Waals surface area contributed by atoms with Crippen LogP contribution in [0.4, 0.5) is 11.4 Å². The lowest BCUT2D eigenvalue weighted by Crippen LogP contribution is -2.40. The number of nitrogens with zero attached hydrogens (tertiary/aromatic N) is 3. The van der Waals surface area contributed by atoms with Crippen LogP contribution in [0.25, 0.3) is 10.8 Å². The Hall–Kier alpha value is -4.99. The highest BCUT2D eigenvalue weighted by molar-refractivity contribution is 6.35. The third-order valence-corrected chi connectivity index (χ3v) is 10.0. The van der Waals surface area contributed by atoms with Crippen LogP contribution >= 0.6 is 0 Å². The summed E-state index contributed by atoms with van der Waals surface area (Å²) in [5.41, 5.74) is 2.70. The molecule has 0 radical (unpaired) electrons. The number of hydrogen-bond acceptors (Lipinski definition) is 7. The van der Waals surface area contributed by atoms with E-state index in [4.69, 9.17) is 0 Å². The molecule has 1 heterocycles. The van der Waals surface area contributed by atoms with E-state index >= 15 is 0 Å². The number of carbonyl (C=O) groups excluding carboxylic acids is 5. The number of unbranched alkanes of at least 4 members (excludes halogenated alkanes) is 2. The normalized spacial score (nSPS) is 12.6. The molecule has 0 atom stereocenters. The summed E-state index contributed by atoms with van der Waals surface area (Å²) in [6.07, 6.45) is 3.96. The van der Waals surface area contributed by atoms with Gasteiger partial charge in [0.15, 0.2) is 11.6 Å². The molecule has 5 rings (SSSR count). The van der Waals surface area contributed by atoms with Gasteiger partial charge in [-0.15, -0.1) is 0 Å². The van der Waals surface area contributed by atoms with Gasteiger partial charge in [0, 0.05) is 51.7 Å². The van der Waals surface area contributed by atoms with Crippen molar-refractivity contribution in [3.8, 4) is 0 Å². The van der Waals surface area contributed by atoms with Crippen LogP contribution < -0.4 is 10.2 Å². The SMILES string of the molecule is CCN(CC)CCCCC(=O)c1cc(NC(=O)c2ccc(N3C(=O)c4cccc5cccc(c45)C3=O)cc2)cc(C(=O)CCCCN(CC)CC)c1. The summed E-state index contributed by atoms with van der Waals surface area (Å²) in [4.78, 5) is 73.1. The summed E-state index contributed by atoms with van der Waals surface area (Å²) in [7, 11) is 0. The predicted molar refractivity (Wildman–Crippen MR) is 208 cm³/mol. The molecule has 9 heteroatoms. The van der Waals surface area contributed by atoms with Gasteiger partial charge in [0.25, 0.3) is 17.7 Å². The summed E-state index contributed by atoms with van der Waals surface area (Å²) in [6.45, 7) is 14.2. The fourth-order valence-corrected chi connectivity index (χ4v) is 6.86. The number of carbonyl (C=O) groups is 5. The Morgan fingerprint density at radius 3 is 1.54 bits per heavy atom. The van der Waals surface area contributed by atoms with Crippen LogP contribution in [0.15, 0.2) is 78.9 Å². The zero-order chi connectivity index (χ0) is 37.2. The summed E-state index contributed by atoms with van der Waals surface area (Å²) in [5, 5.41) is 4.35. The van der Waals surface area contributed by atoms with Crippen molar-refractivity contribution >= 4 is 51.4 Å². The van der Waals surface area contributed by atoms with Gasteiger partial charge in [-0.05, 0) is 125 Å². The van der Waals surface area contributed by atoms with Gasteiger partial charge in [-0.3, -0.25) is 24.0 Å². The average molecular weight is 703 g/mol. The number of amides is 3. The fraction of sp³-hybridized carbons (Fsp3) is 0.372. The van der Waals surface area contributed by atoms with Gasteiger partial charge in [0.05, 0.1) is 5.69 Å². The third kappa shape index (κ3) is 8.89. The number of anilines is 2. The smallest absolute Gasteiger partial charge is 0.265 e. The molecule has 4 aromatic rings. The second kappa shape index (κ2) is 18.0. The lowest BCUT2D eigenvalue weighted by atomic mass is 9.93. The molecule has 0 saturated heterocycles. The molecule has 0 bridgehead atoms. The highest BCUT2D eigenvalue weighted by Gasteiger charge is 2.33. The molecule has 4 aromatic carbocycles. The van der Waals surface area contributed by atoms with E-state index in [2.05, 4.69) is 42.8 Å². The largest absolute Gasteiger partial charge is 0.322 e. The Morgan fingerprint density at radius 1 is 0.596 bits per heavy atom. The summed E-state index contributed by atoms with van der Waals surface area (Å²) in [6, 6.07) is 22.0. The number of rotatable bonds is 19. The molecule has 0 aromatic heterocycles. The molecule has 1 N–H and O–H groups in total. The van der Waals surface area contributed by atoms with Crippen LogP contribution in [0.5, 0.6) is 0 Å². The molecule has 0 unspecified atom stereocenters. The molecule has 9 nitrogen and oxygen atoms in total. The first-order valence-electron chi connectivity index (χ1n) is 18.7. The summed E-state index contributed by atoms with van der Waals surface area (Å²) in [5.74, 6) is -1.43. The van der Waals surface area contributed by atoms with Crippen molar-refractivity contribution in [2.75, 3.05) is 49.5 Å². The highest BCUT2D eigenvalue weighted by Crippen LogP contribution is 2.33. The number of ketones is 2. The van der Waals surface area contributed by atoms with Crippen LogP contribution in [-0.2, 0) is 0 Å². The molecule has 0 fully saturated rings. The monoisotopic (exact) mass is 702 g/mol. The van der Waals surface area contributed by atoms with Gasteiger partial charge < -0.3 is 15.1 Å². The van der Waals surface area contributed by atoms with Crippen molar-refractivity contribution in [1.82, 2.24) is 9.80 Å². The maximum absolute atomic E-state index is 13.5. The van der Waals surface area contributed by atoms with E-state index in [0.717, 1.165) is 75.2 Å². The second-order valence-corrected chi connectivity index (χ2v) is 13.3. The maximum atomic E-state index is 13.5. The summed E-state index contributed by atoms with van der Waals surface area (Å²) >= 11 is 0. The average Bonchev–Trinajstić information content (AvgIpc) is 3.17. The second-order valence-electron chi connectivity index (χ2n) is 13.3. The Balaban J connectivity index is 1.31. The van der Waals surface area contributed by atoms with Crippen molar-refractivity contribution in [2.24, 2.45) is 0 Å². The van der Waals surface area contributed by atoms with E-state index in [1.165, 1.54) is 0 Å². The first kappa shape index (κ1) is 38.2. The van der Waals surface area contributed by atoms with E-state index in [1.54, 1.807) is 66.7 Å². The number of nitrogens with one attached hydrogen (secondary N) is 1. The quantitative estimate of drug-likeness (QED) is 0.0596. The number of hydrogen-bond donors (Lipinski definition) is 1. The van der Waals surface area contributed by atoms with E-state index in [-0.39, 0.29) is 11.6 Å². The van der Waals surface area contributed by atoms with E-state index in [1.807, 2.05) is 12.1 Å². The van der Waals surface area contributed by atoms with Crippen molar-refractivity contribution in [2.45, 2.75) is 66.2 Å². The molecule has 272 valence electrons. The minimum absolute atomic E-state index is 0.0660. The molecule has 1 aliphatic heterocycles. The Labute approximate surface area is 307 Å². The molecule has 0 aliphatic carbocycles. The van der Waals surface area contributed by atoms with Gasteiger partial charge in [-0.25, -0.2) is 4.90 Å². The van der Waals surface area contributed by atoms with E-state index < -0.39 is 17.7 Å². The van der Waals surface area contributed by atoms with Gasteiger partial charge >= 0.3 is 0 Å². The molecule has 52 heavy (non-hydrogen) atoms. The molecule has 3 amide bonds. The predicted octanol–water partition coefficient (Wildman–Crippen LogP) is 8.28. The maximum Gasteiger partial charge on any atom is 0.265 e. The zero-order valence-corrected chi connectivity index (χ0v) is 30.9. The van der Waals surface area contributed by atoms with Crippen molar-refractivity contribution in [1.29, 1.82) is 0 Å². The summed E-state index contributed by atoms with van der Waals surface area (Å²) < 4.78 is 0. The molecule has 0 saturated carbocycles. The minimum atomic E-state index is -0.445. The Morgan fingerprint density at radius 2 is 1.08 bits per heavy atom. The topological polar surface area (TPSA) is 107 Å². The Bertz CT molecular complexity index is 1830. The van der Waals surface area contributed by atoms with Crippen molar-refractivity contribution in [3.05, 3.63) is 107 Å². The minimum Gasteiger partial charge on any atom is -0.322 e. The van der Waals surface area contributed by atoms with Gasteiger partial charge in [-0.2, -0.15) is 0 Å². The third-order valence-electron chi connectivity index (χ3n) is 10.0. The standard InChI is InChI=1S/C43H50N4O5/c1-5-45(6-2)25-11-9-19-38(48)32-27-33(39(49)20-10-12-26-46(7-3)8-4)29-34(28-32)44-41(50)31-21-23-35(24-22-31)47-42(51)36-17-13-15-30-16-14-18-37(40(30)36)43(47)52/h13-18,21-24,27-29H,5-12,19-20,25-26H2,1-4H3,(H,44,50). The van der Waals surface area contributed by atoms with E-state index in [0.29, 0.717) is 57.4 Å². The number of Topliss-reactive ketones (excluding diaryl/α,β-unsaturated/α-hetero) is 2. The fourth-order valence-electron chi connectivity index (χ4n) is 6.86. The Kier molecular flexibility index (Phi) is 13.2. The first-order valence-corrected chi connectivity index (χ1v) is 18.7. The molecular formula is C43H50N4O5. The van der Waals surface area contributed by atoms with Crippen LogP contribution in [-0.4, -0.2) is 78.4 Å². The van der Waals surface area contributed by atoms with Gasteiger partial charge in [0.2, 0.25) is 0 Å². The zero-order valence-electron chi connectivity index (χ0n) is 30.9. The molecule has 0 spiro atoms. The number of benzene rings is 4.